The van der Waals surface area contributed by atoms with Crippen molar-refractivity contribution in [3.63, 3.8) is 0 Å². The lowest BCUT2D eigenvalue weighted by atomic mass is 9.95. The van der Waals surface area contributed by atoms with Gasteiger partial charge in [-0.3, -0.25) is 14.9 Å². The second-order valence-electron chi connectivity index (χ2n) is 8.64. The van der Waals surface area contributed by atoms with Crippen LogP contribution in [0.4, 0.5) is 5.69 Å². The Kier molecular flexibility index (Phi) is 9.26. The Morgan fingerprint density at radius 3 is 2.58 bits per heavy atom. The highest BCUT2D eigenvalue weighted by molar-refractivity contribution is 9.10. The largest absolute Gasteiger partial charge is 0.492 e. The summed E-state index contributed by atoms with van der Waals surface area (Å²) in [5.74, 6) is 0.351. The minimum Gasteiger partial charge on any atom is -0.492 e. The zero-order valence-corrected chi connectivity index (χ0v) is 21.4. The molecule has 2 aromatic rings. The van der Waals surface area contributed by atoms with Crippen molar-refractivity contribution in [1.82, 2.24) is 10.6 Å². The van der Waals surface area contributed by atoms with E-state index in [9.17, 15) is 9.59 Å². The Balaban J connectivity index is 1.61. The third kappa shape index (κ3) is 7.82. The van der Waals surface area contributed by atoms with Crippen molar-refractivity contribution in [1.29, 1.82) is 0 Å². The summed E-state index contributed by atoms with van der Waals surface area (Å²) in [4.78, 5) is 25.5. The molecule has 3 rings (SSSR count). The molecular weight excluding hydrogens is 502 g/mol. The molecular formula is C25H30BrN3O3S. The van der Waals surface area contributed by atoms with Crippen LogP contribution in [0.25, 0.3) is 0 Å². The van der Waals surface area contributed by atoms with Crippen LogP contribution in [0, 0.1) is 5.92 Å². The lowest BCUT2D eigenvalue weighted by molar-refractivity contribution is 0.0926. The third-order valence-corrected chi connectivity index (χ3v) is 6.01. The van der Waals surface area contributed by atoms with Gasteiger partial charge in [-0.2, -0.15) is 0 Å². The van der Waals surface area contributed by atoms with Crippen LogP contribution < -0.4 is 20.7 Å². The third-order valence-electron chi connectivity index (χ3n) is 5.31. The molecule has 0 aliphatic heterocycles. The van der Waals surface area contributed by atoms with Gasteiger partial charge in [0.15, 0.2) is 5.11 Å². The minimum atomic E-state index is -0.376. The van der Waals surface area contributed by atoms with Gasteiger partial charge >= 0.3 is 0 Å². The quantitative estimate of drug-likeness (QED) is 0.401. The molecule has 6 nitrogen and oxygen atoms in total. The van der Waals surface area contributed by atoms with Gasteiger partial charge in [0.1, 0.15) is 5.75 Å². The maximum absolute atomic E-state index is 12.9. The van der Waals surface area contributed by atoms with Gasteiger partial charge in [-0.25, -0.2) is 0 Å². The predicted octanol–water partition coefficient (Wildman–Crippen LogP) is 5.67. The Labute approximate surface area is 209 Å². The van der Waals surface area contributed by atoms with Crippen LogP contribution in [0.5, 0.6) is 5.75 Å². The van der Waals surface area contributed by atoms with E-state index in [4.69, 9.17) is 17.0 Å². The van der Waals surface area contributed by atoms with E-state index in [1.165, 1.54) is 6.42 Å². The lowest BCUT2D eigenvalue weighted by Gasteiger charge is -2.22. The smallest absolute Gasteiger partial charge is 0.261 e. The molecule has 1 fully saturated rings. The average molecular weight is 533 g/mol. The summed E-state index contributed by atoms with van der Waals surface area (Å²) in [6, 6.07) is 12.6. The van der Waals surface area contributed by atoms with E-state index in [2.05, 4.69) is 31.9 Å². The van der Waals surface area contributed by atoms with Gasteiger partial charge in [0, 0.05) is 21.8 Å². The molecule has 1 aliphatic rings. The van der Waals surface area contributed by atoms with Crippen LogP contribution in [0.3, 0.4) is 0 Å². The van der Waals surface area contributed by atoms with Crippen LogP contribution in [-0.4, -0.2) is 29.6 Å². The van der Waals surface area contributed by atoms with Crippen LogP contribution in [0.1, 0.15) is 66.7 Å². The van der Waals surface area contributed by atoms with E-state index >= 15 is 0 Å². The first-order valence-corrected chi connectivity index (χ1v) is 12.5. The number of rotatable bonds is 7. The van der Waals surface area contributed by atoms with Gasteiger partial charge in [0.2, 0.25) is 0 Å². The van der Waals surface area contributed by atoms with Crippen molar-refractivity contribution in [2.45, 2.75) is 52.0 Å². The SMILES string of the molecule is CC(C)COc1ccc(Br)cc1C(=O)NC(=S)Nc1cccc(C(=O)NC2CCCCC2)c1. The molecule has 0 unspecified atom stereocenters. The molecule has 0 heterocycles. The van der Waals surface area contributed by atoms with Crippen molar-refractivity contribution in [3.8, 4) is 5.75 Å². The number of ether oxygens (including phenoxy) is 1. The average Bonchev–Trinajstić information content (AvgIpc) is 2.78. The number of benzene rings is 2. The zero-order valence-electron chi connectivity index (χ0n) is 18.9. The van der Waals surface area contributed by atoms with E-state index in [0.717, 1.165) is 30.2 Å². The van der Waals surface area contributed by atoms with Crippen LogP contribution in [0.2, 0.25) is 0 Å². The Bertz CT molecular complexity index is 1010. The molecule has 3 N–H and O–H groups in total. The fourth-order valence-electron chi connectivity index (χ4n) is 3.65. The number of carbonyl (C=O) groups is 2. The zero-order chi connectivity index (χ0) is 23.8. The van der Waals surface area contributed by atoms with Crippen LogP contribution >= 0.6 is 28.1 Å². The molecule has 0 saturated heterocycles. The summed E-state index contributed by atoms with van der Waals surface area (Å²) in [6.45, 7) is 4.59. The van der Waals surface area contributed by atoms with E-state index in [1.807, 2.05) is 19.9 Å². The first kappa shape index (κ1) is 25.2. The Hall–Kier alpha value is -2.45. The van der Waals surface area contributed by atoms with Crippen LogP contribution in [0.15, 0.2) is 46.9 Å². The molecule has 0 atom stereocenters. The standard InChI is InChI=1S/C25H30BrN3O3S/c1-16(2)15-32-22-12-11-18(26)14-21(22)24(31)29-25(33)28-20-10-6-7-17(13-20)23(30)27-19-8-4-3-5-9-19/h6-7,10-14,16,19H,3-5,8-9,15H2,1-2H3,(H,27,30)(H2,28,29,31,33). The topological polar surface area (TPSA) is 79.5 Å². The predicted molar refractivity (Wildman–Crippen MR) is 139 cm³/mol. The normalized spacial score (nSPS) is 13.9. The van der Waals surface area contributed by atoms with Gasteiger partial charge in [-0.05, 0) is 67.4 Å². The number of halogens is 1. The summed E-state index contributed by atoms with van der Waals surface area (Å²) in [5, 5.41) is 8.94. The fraction of sp³-hybridized carbons (Fsp3) is 0.400. The van der Waals surface area contributed by atoms with Gasteiger partial charge in [0.25, 0.3) is 11.8 Å². The van der Waals surface area contributed by atoms with E-state index in [0.29, 0.717) is 35.1 Å². The van der Waals surface area contributed by atoms with Crippen molar-refractivity contribution in [2.75, 3.05) is 11.9 Å². The Morgan fingerprint density at radius 1 is 1.09 bits per heavy atom. The van der Waals surface area contributed by atoms with Crippen molar-refractivity contribution in [3.05, 3.63) is 58.1 Å². The Morgan fingerprint density at radius 2 is 1.85 bits per heavy atom. The number of thiocarbonyl (C=S) groups is 1. The molecule has 0 aromatic heterocycles. The molecule has 1 aliphatic carbocycles. The highest BCUT2D eigenvalue weighted by Gasteiger charge is 2.18. The van der Waals surface area contributed by atoms with Crippen molar-refractivity contribution in [2.24, 2.45) is 5.92 Å². The van der Waals surface area contributed by atoms with Gasteiger partial charge in [0.05, 0.1) is 12.2 Å². The molecule has 176 valence electrons. The second-order valence-corrected chi connectivity index (χ2v) is 9.97. The number of anilines is 1. The number of hydrogen-bond donors (Lipinski definition) is 3. The first-order valence-electron chi connectivity index (χ1n) is 11.3. The molecule has 2 aromatic carbocycles. The number of hydrogen-bond acceptors (Lipinski definition) is 4. The molecule has 0 bridgehead atoms. The molecule has 0 radical (unpaired) electrons. The van der Waals surface area contributed by atoms with Crippen LogP contribution in [-0.2, 0) is 0 Å². The van der Waals surface area contributed by atoms with Gasteiger partial charge in [-0.1, -0.05) is 55.1 Å². The number of carbonyl (C=O) groups excluding carboxylic acids is 2. The minimum absolute atomic E-state index is 0.0958. The van der Waals surface area contributed by atoms with Gasteiger partial charge < -0.3 is 15.4 Å². The number of nitrogens with one attached hydrogen (secondary N) is 3. The fourth-order valence-corrected chi connectivity index (χ4v) is 4.22. The summed E-state index contributed by atoms with van der Waals surface area (Å²) in [7, 11) is 0. The maximum atomic E-state index is 12.9. The molecule has 0 spiro atoms. The summed E-state index contributed by atoms with van der Waals surface area (Å²) < 4.78 is 6.55. The van der Waals surface area contributed by atoms with Crippen molar-refractivity contribution < 1.29 is 14.3 Å². The summed E-state index contributed by atoms with van der Waals surface area (Å²) >= 11 is 8.74. The second kappa shape index (κ2) is 12.1. The lowest BCUT2D eigenvalue weighted by Crippen LogP contribution is -2.36. The molecule has 2 amide bonds. The van der Waals surface area contributed by atoms with E-state index in [-0.39, 0.29) is 23.0 Å². The first-order chi connectivity index (χ1) is 15.8. The maximum Gasteiger partial charge on any atom is 0.261 e. The van der Waals surface area contributed by atoms with Gasteiger partial charge in [-0.15, -0.1) is 0 Å². The highest BCUT2D eigenvalue weighted by atomic mass is 79.9. The molecule has 33 heavy (non-hydrogen) atoms. The summed E-state index contributed by atoms with van der Waals surface area (Å²) in [6.07, 6.45) is 5.60. The number of amides is 2. The summed E-state index contributed by atoms with van der Waals surface area (Å²) in [5.41, 5.74) is 1.56. The van der Waals surface area contributed by atoms with E-state index in [1.54, 1.807) is 36.4 Å². The molecule has 1 saturated carbocycles. The molecule has 8 heteroatoms. The van der Waals surface area contributed by atoms with E-state index < -0.39 is 0 Å². The van der Waals surface area contributed by atoms with Crippen molar-refractivity contribution >= 4 is 50.8 Å². The highest BCUT2D eigenvalue weighted by Crippen LogP contribution is 2.24. The monoisotopic (exact) mass is 531 g/mol.